The van der Waals surface area contributed by atoms with Crippen molar-refractivity contribution in [2.45, 2.75) is 6.54 Å². The van der Waals surface area contributed by atoms with Crippen LogP contribution in [0.4, 0.5) is 10.6 Å². The lowest BCUT2D eigenvalue weighted by atomic mass is 10.3. The normalized spacial score (nSPS) is 15.9. The monoisotopic (exact) mass is 257 g/mol. The fourth-order valence-electron chi connectivity index (χ4n) is 1.30. The number of halogens is 1. The van der Waals surface area contributed by atoms with E-state index in [1.54, 1.807) is 12.1 Å². The third-order valence-corrected chi connectivity index (χ3v) is 3.29. The van der Waals surface area contributed by atoms with E-state index >= 15 is 0 Å². The lowest BCUT2D eigenvalue weighted by molar-refractivity contribution is -0.125. The predicted molar refractivity (Wildman–Crippen MR) is 62.1 cm³/mol. The average Bonchev–Trinajstić information content (AvgIpc) is 2.55. The van der Waals surface area contributed by atoms with Crippen LogP contribution >= 0.6 is 23.4 Å². The van der Waals surface area contributed by atoms with Crippen molar-refractivity contribution in [1.82, 2.24) is 9.88 Å². The largest absolute Gasteiger partial charge is 0.384 e. The van der Waals surface area contributed by atoms with Crippen molar-refractivity contribution in [1.29, 1.82) is 0 Å². The number of nitrogen functional groups attached to an aromatic ring is 1. The Morgan fingerprint density at radius 3 is 2.88 bits per heavy atom. The number of amides is 2. The molecule has 1 saturated heterocycles. The van der Waals surface area contributed by atoms with Gasteiger partial charge in [0.05, 0.1) is 23.0 Å². The molecule has 0 unspecified atom stereocenters. The minimum atomic E-state index is -0.273. The summed E-state index contributed by atoms with van der Waals surface area (Å²) >= 11 is 6.87. The molecule has 7 heteroatoms. The molecule has 1 aromatic rings. The van der Waals surface area contributed by atoms with Crippen molar-refractivity contribution in [2.24, 2.45) is 0 Å². The topological polar surface area (TPSA) is 76.3 Å². The summed E-state index contributed by atoms with van der Waals surface area (Å²) in [6, 6.07) is 3.16. The van der Waals surface area contributed by atoms with E-state index in [4.69, 9.17) is 17.3 Å². The van der Waals surface area contributed by atoms with E-state index in [9.17, 15) is 9.59 Å². The summed E-state index contributed by atoms with van der Waals surface area (Å²) in [5.74, 6) is 0.264. The number of aromatic nitrogens is 1. The van der Waals surface area contributed by atoms with Crippen molar-refractivity contribution in [3.05, 3.63) is 22.8 Å². The van der Waals surface area contributed by atoms with E-state index in [1.165, 1.54) is 0 Å². The third-order valence-electron chi connectivity index (χ3n) is 2.09. The predicted octanol–water partition coefficient (Wildman–Crippen LogP) is 1.51. The number of anilines is 1. The van der Waals surface area contributed by atoms with Gasteiger partial charge in [-0.1, -0.05) is 23.4 Å². The average molecular weight is 258 g/mol. The first-order valence-corrected chi connectivity index (χ1v) is 5.82. The molecule has 1 fully saturated rings. The van der Waals surface area contributed by atoms with Gasteiger partial charge in [-0.2, -0.15) is 0 Å². The maximum absolute atomic E-state index is 11.4. The molecule has 0 atom stereocenters. The molecule has 2 rings (SSSR count). The lowest BCUT2D eigenvalue weighted by Gasteiger charge is -2.13. The van der Waals surface area contributed by atoms with Crippen LogP contribution in [0.5, 0.6) is 0 Å². The number of hydrogen-bond donors (Lipinski definition) is 1. The molecular formula is C9H8ClN3O2S. The Labute approximate surface area is 101 Å². The molecule has 1 aliphatic rings. The van der Waals surface area contributed by atoms with E-state index < -0.39 is 0 Å². The molecule has 16 heavy (non-hydrogen) atoms. The summed E-state index contributed by atoms with van der Waals surface area (Å²) in [4.78, 5) is 27.8. The minimum Gasteiger partial charge on any atom is -0.384 e. The van der Waals surface area contributed by atoms with Gasteiger partial charge in [-0.25, -0.2) is 4.98 Å². The smallest absolute Gasteiger partial charge is 0.289 e. The van der Waals surface area contributed by atoms with Crippen LogP contribution in [-0.2, 0) is 11.3 Å². The number of nitrogens with two attached hydrogens (primary N) is 1. The number of carbonyl (C=O) groups is 2. The van der Waals surface area contributed by atoms with Crippen LogP contribution in [0, 0.1) is 0 Å². The SMILES string of the molecule is Nc1ccc(Cl)c(CN2C(=O)CSC2=O)n1. The van der Waals surface area contributed by atoms with Crippen LogP contribution in [0.25, 0.3) is 0 Å². The van der Waals surface area contributed by atoms with Crippen LogP contribution in [0.1, 0.15) is 5.69 Å². The second-order valence-electron chi connectivity index (χ2n) is 3.20. The Morgan fingerprint density at radius 2 is 2.25 bits per heavy atom. The van der Waals surface area contributed by atoms with Gasteiger partial charge >= 0.3 is 0 Å². The van der Waals surface area contributed by atoms with Crippen LogP contribution < -0.4 is 5.73 Å². The van der Waals surface area contributed by atoms with Gasteiger partial charge in [0.15, 0.2) is 0 Å². The Bertz CT molecular complexity index is 450. The molecule has 2 amide bonds. The number of carbonyl (C=O) groups excluding carboxylic acids is 2. The highest BCUT2D eigenvalue weighted by Crippen LogP contribution is 2.23. The van der Waals surface area contributed by atoms with E-state index in [2.05, 4.69) is 4.98 Å². The molecule has 0 aromatic carbocycles. The fraction of sp³-hybridized carbons (Fsp3) is 0.222. The molecule has 0 spiro atoms. The highest BCUT2D eigenvalue weighted by molar-refractivity contribution is 8.14. The molecule has 5 nitrogen and oxygen atoms in total. The highest BCUT2D eigenvalue weighted by atomic mass is 35.5. The zero-order valence-corrected chi connectivity index (χ0v) is 9.72. The highest BCUT2D eigenvalue weighted by Gasteiger charge is 2.30. The molecule has 2 heterocycles. The minimum absolute atomic E-state index is 0.0779. The van der Waals surface area contributed by atoms with Crippen molar-refractivity contribution in [2.75, 3.05) is 11.5 Å². The molecule has 1 aromatic heterocycles. The van der Waals surface area contributed by atoms with Gasteiger partial charge in [0.1, 0.15) is 5.82 Å². The van der Waals surface area contributed by atoms with E-state index in [1.807, 2.05) is 0 Å². The van der Waals surface area contributed by atoms with E-state index in [-0.39, 0.29) is 23.4 Å². The molecular weight excluding hydrogens is 250 g/mol. The second kappa shape index (κ2) is 4.31. The summed E-state index contributed by atoms with van der Waals surface area (Å²) < 4.78 is 0. The van der Waals surface area contributed by atoms with Crippen LogP contribution in [0.2, 0.25) is 5.02 Å². The Hall–Kier alpha value is -1.27. The summed E-state index contributed by atoms with van der Waals surface area (Å²) in [7, 11) is 0. The van der Waals surface area contributed by atoms with Gasteiger partial charge < -0.3 is 5.73 Å². The second-order valence-corrected chi connectivity index (χ2v) is 4.53. The number of nitrogens with zero attached hydrogens (tertiary/aromatic N) is 2. The maximum atomic E-state index is 11.4. The Morgan fingerprint density at radius 1 is 1.50 bits per heavy atom. The third kappa shape index (κ3) is 2.12. The van der Waals surface area contributed by atoms with Crippen LogP contribution in [0.3, 0.4) is 0 Å². The van der Waals surface area contributed by atoms with E-state index in [0.29, 0.717) is 16.5 Å². The molecule has 0 saturated carbocycles. The molecule has 0 aliphatic carbocycles. The number of hydrogen-bond acceptors (Lipinski definition) is 5. The van der Waals surface area contributed by atoms with E-state index in [0.717, 1.165) is 16.7 Å². The van der Waals surface area contributed by atoms with Gasteiger partial charge in [-0.3, -0.25) is 14.5 Å². The van der Waals surface area contributed by atoms with Gasteiger partial charge in [0.25, 0.3) is 5.24 Å². The summed E-state index contributed by atoms with van der Waals surface area (Å²) in [5.41, 5.74) is 5.94. The fourth-order valence-corrected chi connectivity index (χ4v) is 2.19. The molecule has 0 radical (unpaired) electrons. The van der Waals surface area contributed by atoms with Crippen molar-refractivity contribution >= 4 is 40.3 Å². The first-order valence-electron chi connectivity index (χ1n) is 4.46. The first-order chi connectivity index (χ1) is 7.58. The van der Waals surface area contributed by atoms with Gasteiger partial charge in [0, 0.05) is 0 Å². The number of imide groups is 1. The molecule has 0 bridgehead atoms. The van der Waals surface area contributed by atoms with Crippen molar-refractivity contribution in [3.63, 3.8) is 0 Å². The molecule has 84 valence electrons. The van der Waals surface area contributed by atoms with Crippen LogP contribution in [-0.4, -0.2) is 26.8 Å². The zero-order chi connectivity index (χ0) is 11.7. The number of thioether (sulfide) groups is 1. The number of rotatable bonds is 2. The maximum Gasteiger partial charge on any atom is 0.289 e. The van der Waals surface area contributed by atoms with Gasteiger partial charge in [0.2, 0.25) is 5.91 Å². The molecule has 2 N–H and O–H groups in total. The lowest BCUT2D eigenvalue weighted by Crippen LogP contribution is -2.28. The van der Waals surface area contributed by atoms with Crippen molar-refractivity contribution in [3.8, 4) is 0 Å². The quantitative estimate of drug-likeness (QED) is 0.869. The van der Waals surface area contributed by atoms with Crippen LogP contribution in [0.15, 0.2) is 12.1 Å². The van der Waals surface area contributed by atoms with Crippen molar-refractivity contribution < 1.29 is 9.59 Å². The molecule has 1 aliphatic heterocycles. The standard InChI is InChI=1S/C9H8ClN3O2S/c10-5-1-2-7(11)12-6(5)3-13-8(14)4-16-9(13)15/h1-2H,3-4H2,(H2,11,12). The Balaban J connectivity index is 2.23. The zero-order valence-electron chi connectivity index (χ0n) is 8.14. The van der Waals surface area contributed by atoms with Gasteiger partial charge in [-0.15, -0.1) is 0 Å². The summed E-state index contributed by atoms with van der Waals surface area (Å²) in [6.45, 7) is 0.0779. The summed E-state index contributed by atoms with van der Waals surface area (Å²) in [5, 5.41) is 0.122. The van der Waals surface area contributed by atoms with Gasteiger partial charge in [-0.05, 0) is 12.1 Å². The Kier molecular flexibility index (Phi) is 3.02. The summed E-state index contributed by atoms with van der Waals surface area (Å²) in [6.07, 6.45) is 0. The first kappa shape index (κ1) is 11.2. The number of pyridine rings is 1.